The van der Waals surface area contributed by atoms with Gasteiger partial charge < -0.3 is 10.6 Å². The summed E-state index contributed by atoms with van der Waals surface area (Å²) in [7, 11) is 0. The van der Waals surface area contributed by atoms with Crippen LogP contribution in [0.25, 0.3) is 0 Å². The summed E-state index contributed by atoms with van der Waals surface area (Å²) in [6, 6.07) is 7.01. The van der Waals surface area contributed by atoms with Crippen LogP contribution in [0.1, 0.15) is 11.6 Å². The fourth-order valence-corrected chi connectivity index (χ4v) is 1.58. The summed E-state index contributed by atoms with van der Waals surface area (Å²) in [6.07, 6.45) is 0. The lowest BCUT2D eigenvalue weighted by Gasteiger charge is -2.24. The van der Waals surface area contributed by atoms with Gasteiger partial charge in [0, 0.05) is 25.7 Å². The third kappa shape index (κ3) is 2.05. The Kier molecular flexibility index (Phi) is 2.57. The molecule has 0 bridgehead atoms. The Bertz CT molecular complexity index is 265. The van der Waals surface area contributed by atoms with Crippen molar-refractivity contribution in [3.63, 3.8) is 0 Å². The van der Waals surface area contributed by atoms with Crippen molar-refractivity contribution in [2.45, 2.75) is 6.04 Å². The molecule has 2 rings (SSSR count). The van der Waals surface area contributed by atoms with E-state index >= 15 is 0 Å². The number of hydrogen-bond donors (Lipinski definition) is 2. The lowest BCUT2D eigenvalue weighted by molar-refractivity contribution is 0.430. The van der Waals surface area contributed by atoms with E-state index in [0.717, 1.165) is 25.2 Å². The maximum Gasteiger partial charge on any atom is 0.123 e. The molecule has 1 aliphatic heterocycles. The molecule has 70 valence electrons. The van der Waals surface area contributed by atoms with E-state index in [1.165, 1.54) is 12.1 Å². The number of nitrogens with one attached hydrogen (secondary N) is 2. The van der Waals surface area contributed by atoms with Gasteiger partial charge in [-0.1, -0.05) is 12.1 Å². The van der Waals surface area contributed by atoms with E-state index in [1.807, 2.05) is 12.1 Å². The molecule has 1 unspecified atom stereocenters. The van der Waals surface area contributed by atoms with Gasteiger partial charge in [0.15, 0.2) is 0 Å². The van der Waals surface area contributed by atoms with Crippen LogP contribution in [-0.4, -0.2) is 19.6 Å². The molecule has 2 N–H and O–H groups in total. The van der Waals surface area contributed by atoms with Crippen molar-refractivity contribution in [1.82, 2.24) is 10.6 Å². The molecule has 1 atom stereocenters. The zero-order chi connectivity index (χ0) is 9.10. The van der Waals surface area contributed by atoms with Gasteiger partial charge in [0.2, 0.25) is 0 Å². The highest BCUT2D eigenvalue weighted by Crippen LogP contribution is 2.13. The Labute approximate surface area is 77.2 Å². The molecule has 3 heteroatoms. The number of piperazine rings is 1. The molecule has 0 spiro atoms. The third-order valence-electron chi connectivity index (χ3n) is 2.31. The van der Waals surface area contributed by atoms with Crippen LogP contribution in [0.5, 0.6) is 0 Å². The van der Waals surface area contributed by atoms with E-state index in [2.05, 4.69) is 10.6 Å². The van der Waals surface area contributed by atoms with Crippen molar-refractivity contribution in [1.29, 1.82) is 0 Å². The van der Waals surface area contributed by atoms with Crippen molar-refractivity contribution in [3.8, 4) is 0 Å². The maximum atomic E-state index is 12.6. The first kappa shape index (κ1) is 8.66. The molecule has 0 radical (unpaired) electrons. The molecular weight excluding hydrogens is 167 g/mol. The largest absolute Gasteiger partial charge is 0.314 e. The monoisotopic (exact) mass is 180 g/mol. The molecule has 1 saturated heterocycles. The van der Waals surface area contributed by atoms with Crippen molar-refractivity contribution in [2.24, 2.45) is 0 Å². The average Bonchev–Trinajstić information content (AvgIpc) is 2.20. The van der Waals surface area contributed by atoms with E-state index in [4.69, 9.17) is 0 Å². The molecule has 1 heterocycles. The van der Waals surface area contributed by atoms with E-state index in [1.54, 1.807) is 0 Å². The Balaban J connectivity index is 2.10. The van der Waals surface area contributed by atoms with Gasteiger partial charge in [-0.3, -0.25) is 0 Å². The first-order valence-electron chi connectivity index (χ1n) is 4.56. The molecule has 1 fully saturated rings. The normalized spacial score (nSPS) is 23.0. The van der Waals surface area contributed by atoms with Crippen LogP contribution in [0.15, 0.2) is 24.3 Å². The van der Waals surface area contributed by atoms with Crippen LogP contribution in [0.3, 0.4) is 0 Å². The molecule has 0 aliphatic carbocycles. The summed E-state index contributed by atoms with van der Waals surface area (Å²) in [6.45, 7) is 2.91. The summed E-state index contributed by atoms with van der Waals surface area (Å²) in [5.41, 5.74) is 1.15. The van der Waals surface area contributed by atoms with Crippen molar-refractivity contribution in [3.05, 3.63) is 35.6 Å². The lowest BCUT2D eigenvalue weighted by atomic mass is 10.1. The van der Waals surface area contributed by atoms with Crippen molar-refractivity contribution in [2.75, 3.05) is 19.6 Å². The van der Waals surface area contributed by atoms with Gasteiger partial charge in [-0.05, 0) is 17.7 Å². The summed E-state index contributed by atoms with van der Waals surface area (Å²) < 4.78 is 12.6. The predicted molar refractivity (Wildman–Crippen MR) is 50.0 cm³/mol. The van der Waals surface area contributed by atoms with Crippen molar-refractivity contribution < 1.29 is 4.39 Å². The first-order valence-corrected chi connectivity index (χ1v) is 4.56. The number of hydrogen-bond acceptors (Lipinski definition) is 2. The predicted octanol–water partition coefficient (Wildman–Crippen LogP) is 1.06. The van der Waals surface area contributed by atoms with Crippen LogP contribution in [0.2, 0.25) is 0 Å². The zero-order valence-electron chi connectivity index (χ0n) is 7.39. The molecular formula is C10H13FN2. The summed E-state index contributed by atoms with van der Waals surface area (Å²) in [4.78, 5) is 0. The summed E-state index contributed by atoms with van der Waals surface area (Å²) >= 11 is 0. The van der Waals surface area contributed by atoms with Crippen LogP contribution in [-0.2, 0) is 0 Å². The fourth-order valence-electron chi connectivity index (χ4n) is 1.58. The Morgan fingerprint density at radius 1 is 1.15 bits per heavy atom. The maximum absolute atomic E-state index is 12.6. The molecule has 2 nitrogen and oxygen atoms in total. The topological polar surface area (TPSA) is 24.1 Å². The summed E-state index contributed by atoms with van der Waals surface area (Å²) in [5, 5.41) is 6.66. The fraction of sp³-hybridized carbons (Fsp3) is 0.400. The minimum absolute atomic E-state index is 0.174. The lowest BCUT2D eigenvalue weighted by Crippen LogP contribution is -2.42. The Morgan fingerprint density at radius 3 is 2.54 bits per heavy atom. The molecule has 1 aliphatic rings. The van der Waals surface area contributed by atoms with E-state index in [9.17, 15) is 4.39 Å². The highest BCUT2D eigenvalue weighted by molar-refractivity contribution is 5.20. The highest BCUT2D eigenvalue weighted by Gasteiger charge is 2.13. The molecule has 1 aromatic carbocycles. The van der Waals surface area contributed by atoms with Gasteiger partial charge in [-0.2, -0.15) is 0 Å². The molecule has 13 heavy (non-hydrogen) atoms. The first-order chi connectivity index (χ1) is 6.36. The van der Waals surface area contributed by atoms with Crippen LogP contribution >= 0.6 is 0 Å². The minimum atomic E-state index is -0.174. The van der Waals surface area contributed by atoms with Crippen LogP contribution in [0, 0.1) is 5.82 Å². The van der Waals surface area contributed by atoms with E-state index < -0.39 is 0 Å². The Morgan fingerprint density at radius 2 is 1.92 bits per heavy atom. The van der Waals surface area contributed by atoms with Crippen LogP contribution < -0.4 is 10.6 Å². The Hall–Kier alpha value is -0.930. The average molecular weight is 180 g/mol. The van der Waals surface area contributed by atoms with Gasteiger partial charge in [0.1, 0.15) is 5.82 Å². The second-order valence-corrected chi connectivity index (χ2v) is 3.26. The second-order valence-electron chi connectivity index (χ2n) is 3.26. The summed E-state index contributed by atoms with van der Waals surface area (Å²) in [5.74, 6) is -0.174. The van der Waals surface area contributed by atoms with Gasteiger partial charge in [-0.25, -0.2) is 4.39 Å². The smallest absolute Gasteiger partial charge is 0.123 e. The number of benzene rings is 1. The van der Waals surface area contributed by atoms with Crippen molar-refractivity contribution >= 4 is 0 Å². The van der Waals surface area contributed by atoms with Gasteiger partial charge in [-0.15, -0.1) is 0 Å². The molecule has 0 amide bonds. The van der Waals surface area contributed by atoms with E-state index in [-0.39, 0.29) is 5.82 Å². The number of rotatable bonds is 1. The molecule has 1 aromatic rings. The minimum Gasteiger partial charge on any atom is -0.314 e. The molecule has 0 saturated carbocycles. The third-order valence-corrected chi connectivity index (χ3v) is 2.31. The van der Waals surface area contributed by atoms with E-state index in [0.29, 0.717) is 6.04 Å². The van der Waals surface area contributed by atoms with Gasteiger partial charge >= 0.3 is 0 Å². The SMILES string of the molecule is Fc1ccc(C2CNCCN2)cc1. The standard InChI is InChI=1S/C10H13FN2/c11-9-3-1-8(2-4-9)10-7-12-5-6-13-10/h1-4,10,12-13H,5-7H2. The van der Waals surface area contributed by atoms with Gasteiger partial charge in [0.05, 0.1) is 0 Å². The van der Waals surface area contributed by atoms with Crippen LogP contribution in [0.4, 0.5) is 4.39 Å². The quantitative estimate of drug-likeness (QED) is 0.675. The zero-order valence-corrected chi connectivity index (χ0v) is 7.39. The second kappa shape index (κ2) is 3.85. The number of halogens is 1. The molecule has 0 aromatic heterocycles. The highest BCUT2D eigenvalue weighted by atomic mass is 19.1. The van der Waals surface area contributed by atoms with Gasteiger partial charge in [0.25, 0.3) is 0 Å².